The molecular weight excluding hydrogens is 213 g/mol. The number of alkyl halides is 2. The Morgan fingerprint density at radius 2 is 2.20 bits per heavy atom. The molecule has 4 nitrogen and oxygen atoms in total. The van der Waals surface area contributed by atoms with Crippen LogP contribution in [0.1, 0.15) is 28.0 Å². The highest BCUT2D eigenvalue weighted by atomic mass is 19.3. The minimum atomic E-state index is -3.14. The number of pyridine rings is 1. The predicted octanol–water partition coefficient (Wildman–Crippen LogP) is 1.32. The van der Waals surface area contributed by atoms with Crippen molar-refractivity contribution in [3.8, 4) is 0 Å². The minimum Gasteiger partial charge on any atom is -0.478 e. The van der Waals surface area contributed by atoms with E-state index in [1.165, 1.54) is 0 Å². The lowest BCUT2D eigenvalue weighted by Gasteiger charge is -2.08. The van der Waals surface area contributed by atoms with Gasteiger partial charge in [0.2, 0.25) is 0 Å². The molecule has 0 spiro atoms. The number of rotatable bonds is 3. The number of nitrogens with zero attached hydrogens (tertiary/aromatic N) is 1. The molecule has 0 radical (unpaired) electrons. The molecule has 0 aliphatic rings. The Labute approximate surface area is 82.5 Å². The molecule has 0 fully saturated rings. The van der Waals surface area contributed by atoms with Gasteiger partial charge in [-0.25, -0.2) is 18.0 Å². The van der Waals surface area contributed by atoms with Crippen molar-refractivity contribution < 1.29 is 23.1 Å². The van der Waals surface area contributed by atoms with E-state index in [0.717, 1.165) is 0 Å². The molecule has 0 saturated carbocycles. The summed E-state index contributed by atoms with van der Waals surface area (Å²) in [6.07, 6.45) is -2.47. The number of carboxylic acid groups (broad SMARTS) is 1. The first-order valence-corrected chi connectivity index (χ1v) is 3.87. The molecule has 0 bridgehead atoms. The summed E-state index contributed by atoms with van der Waals surface area (Å²) in [4.78, 5) is 13.8. The third kappa shape index (κ3) is 2.07. The molecule has 0 aliphatic carbocycles. The third-order valence-electron chi connectivity index (χ3n) is 1.78. The van der Waals surface area contributed by atoms with Crippen LogP contribution in [0.5, 0.6) is 0 Å². The van der Waals surface area contributed by atoms with Gasteiger partial charge in [-0.3, -0.25) is 4.98 Å². The van der Waals surface area contributed by atoms with Crippen LogP contribution >= 0.6 is 0 Å². The summed E-state index contributed by atoms with van der Waals surface area (Å²) >= 11 is 0. The van der Waals surface area contributed by atoms with Crippen LogP contribution in [0, 0.1) is 5.82 Å². The second-order valence-electron chi connectivity index (χ2n) is 2.66. The molecule has 1 heterocycles. The first-order chi connectivity index (χ1) is 6.99. The van der Waals surface area contributed by atoms with E-state index < -0.39 is 29.3 Å². The summed E-state index contributed by atoms with van der Waals surface area (Å²) < 4.78 is 38.0. The van der Waals surface area contributed by atoms with Gasteiger partial charge in [-0.05, 0) is 0 Å². The van der Waals surface area contributed by atoms with Crippen molar-refractivity contribution in [2.75, 3.05) is 0 Å². The van der Waals surface area contributed by atoms with Gasteiger partial charge in [0.25, 0.3) is 6.43 Å². The Kier molecular flexibility index (Phi) is 3.25. The Bertz CT molecular complexity index is 396. The Hall–Kier alpha value is -1.63. The van der Waals surface area contributed by atoms with E-state index in [1.54, 1.807) is 0 Å². The van der Waals surface area contributed by atoms with Crippen LogP contribution in [0.2, 0.25) is 0 Å². The Balaban J connectivity index is 3.42. The zero-order valence-corrected chi connectivity index (χ0v) is 7.38. The first kappa shape index (κ1) is 11.4. The van der Waals surface area contributed by atoms with E-state index in [-0.39, 0.29) is 12.2 Å². The molecule has 0 unspecified atom stereocenters. The van der Waals surface area contributed by atoms with Gasteiger partial charge in [-0.15, -0.1) is 0 Å². The van der Waals surface area contributed by atoms with E-state index in [4.69, 9.17) is 10.8 Å². The highest BCUT2D eigenvalue weighted by molar-refractivity contribution is 5.87. The van der Waals surface area contributed by atoms with Gasteiger partial charge in [0.1, 0.15) is 11.4 Å². The van der Waals surface area contributed by atoms with Crippen molar-refractivity contribution in [3.05, 3.63) is 28.8 Å². The van der Waals surface area contributed by atoms with Gasteiger partial charge in [0, 0.05) is 12.7 Å². The van der Waals surface area contributed by atoms with Gasteiger partial charge in [0.15, 0.2) is 0 Å². The fourth-order valence-corrected chi connectivity index (χ4v) is 1.07. The quantitative estimate of drug-likeness (QED) is 0.805. The smallest absolute Gasteiger partial charge is 0.340 e. The number of carbonyl (C=O) groups is 1. The standard InChI is InChI=1S/C8H7F3N2O2/c9-6-3(8(14)15)2-13-4(1-12)5(6)7(10)11/h2,7H,1,12H2,(H,14,15). The SMILES string of the molecule is NCc1ncc(C(=O)O)c(F)c1C(F)F. The highest BCUT2D eigenvalue weighted by Crippen LogP contribution is 2.26. The van der Waals surface area contributed by atoms with Crippen molar-refractivity contribution in [2.24, 2.45) is 5.73 Å². The lowest BCUT2D eigenvalue weighted by atomic mass is 10.1. The summed E-state index contributed by atoms with van der Waals surface area (Å²) in [5, 5.41) is 8.48. The first-order valence-electron chi connectivity index (χ1n) is 3.87. The molecule has 15 heavy (non-hydrogen) atoms. The van der Waals surface area contributed by atoms with E-state index >= 15 is 0 Å². The summed E-state index contributed by atoms with van der Waals surface area (Å²) in [7, 11) is 0. The normalized spacial score (nSPS) is 10.7. The van der Waals surface area contributed by atoms with Crippen molar-refractivity contribution in [3.63, 3.8) is 0 Å². The molecule has 82 valence electrons. The van der Waals surface area contributed by atoms with Gasteiger partial charge >= 0.3 is 5.97 Å². The van der Waals surface area contributed by atoms with Crippen LogP contribution < -0.4 is 5.73 Å². The van der Waals surface area contributed by atoms with Crippen LogP contribution in [0.25, 0.3) is 0 Å². The number of halogens is 3. The maximum atomic E-state index is 13.3. The zero-order chi connectivity index (χ0) is 11.6. The van der Waals surface area contributed by atoms with E-state index in [2.05, 4.69) is 4.98 Å². The minimum absolute atomic E-state index is 0.340. The maximum Gasteiger partial charge on any atom is 0.340 e. The summed E-state index contributed by atoms with van der Waals surface area (Å²) in [5.74, 6) is -3.13. The van der Waals surface area contributed by atoms with Crippen molar-refractivity contribution >= 4 is 5.97 Å². The topological polar surface area (TPSA) is 76.2 Å². The summed E-state index contributed by atoms with van der Waals surface area (Å²) in [6.45, 7) is -0.378. The van der Waals surface area contributed by atoms with Gasteiger partial charge in [-0.2, -0.15) is 0 Å². The van der Waals surface area contributed by atoms with Gasteiger partial charge in [0.05, 0.1) is 11.3 Å². The highest BCUT2D eigenvalue weighted by Gasteiger charge is 2.24. The van der Waals surface area contributed by atoms with E-state index in [1.807, 2.05) is 0 Å². The van der Waals surface area contributed by atoms with E-state index in [0.29, 0.717) is 6.20 Å². The second kappa shape index (κ2) is 4.26. The number of aromatic carboxylic acids is 1. The van der Waals surface area contributed by atoms with Gasteiger partial charge in [-0.1, -0.05) is 0 Å². The molecule has 1 aromatic rings. The molecule has 0 amide bonds. The van der Waals surface area contributed by atoms with Crippen LogP contribution in [0.3, 0.4) is 0 Å². The number of aromatic nitrogens is 1. The molecule has 0 aliphatic heterocycles. The van der Waals surface area contributed by atoms with Crippen LogP contribution in [-0.2, 0) is 6.54 Å². The van der Waals surface area contributed by atoms with Crippen molar-refractivity contribution in [1.82, 2.24) is 4.98 Å². The number of nitrogens with two attached hydrogens (primary N) is 1. The molecular formula is C8H7F3N2O2. The molecule has 1 rings (SSSR count). The largest absolute Gasteiger partial charge is 0.478 e. The lowest BCUT2D eigenvalue weighted by molar-refractivity contribution is 0.0689. The van der Waals surface area contributed by atoms with Gasteiger partial charge < -0.3 is 10.8 Å². The summed E-state index contributed by atoms with van der Waals surface area (Å²) in [6, 6.07) is 0. The fourth-order valence-electron chi connectivity index (χ4n) is 1.07. The van der Waals surface area contributed by atoms with Crippen LogP contribution in [0.15, 0.2) is 6.20 Å². The number of carboxylic acids is 1. The molecule has 3 N–H and O–H groups in total. The van der Waals surface area contributed by atoms with E-state index in [9.17, 15) is 18.0 Å². The lowest BCUT2D eigenvalue weighted by Crippen LogP contribution is -2.12. The fraction of sp³-hybridized carbons (Fsp3) is 0.250. The molecule has 0 saturated heterocycles. The maximum absolute atomic E-state index is 13.3. The third-order valence-corrected chi connectivity index (χ3v) is 1.78. The number of hydrogen-bond acceptors (Lipinski definition) is 3. The van der Waals surface area contributed by atoms with Crippen molar-refractivity contribution in [2.45, 2.75) is 13.0 Å². The molecule has 1 aromatic heterocycles. The average molecular weight is 220 g/mol. The van der Waals surface area contributed by atoms with Crippen molar-refractivity contribution in [1.29, 1.82) is 0 Å². The average Bonchev–Trinajstić information content (AvgIpc) is 2.15. The van der Waals surface area contributed by atoms with Crippen LogP contribution in [0.4, 0.5) is 13.2 Å². The Morgan fingerprint density at radius 3 is 2.60 bits per heavy atom. The predicted molar refractivity (Wildman–Crippen MR) is 44.0 cm³/mol. The van der Waals surface area contributed by atoms with Crippen LogP contribution in [-0.4, -0.2) is 16.1 Å². The number of hydrogen-bond donors (Lipinski definition) is 2. The zero-order valence-electron chi connectivity index (χ0n) is 7.38. The summed E-state index contributed by atoms with van der Waals surface area (Å²) in [5.41, 5.74) is 2.80. The molecule has 0 aromatic carbocycles. The monoisotopic (exact) mass is 220 g/mol. The second-order valence-corrected chi connectivity index (χ2v) is 2.66. The molecule has 7 heteroatoms. The molecule has 0 atom stereocenters. The Morgan fingerprint density at radius 1 is 1.60 bits per heavy atom.